The molecule has 1 aliphatic carbocycles. The Bertz CT molecular complexity index is 369. The first-order chi connectivity index (χ1) is 10.3. The van der Waals surface area contributed by atoms with E-state index in [0.29, 0.717) is 12.8 Å². The van der Waals surface area contributed by atoms with Gasteiger partial charge in [0.2, 0.25) is 0 Å². The van der Waals surface area contributed by atoms with Gasteiger partial charge in [0.1, 0.15) is 17.8 Å². The topological polar surface area (TPSA) is 103 Å². The van der Waals surface area contributed by atoms with Crippen molar-refractivity contribution in [1.29, 1.82) is 0 Å². The lowest BCUT2D eigenvalue weighted by Crippen LogP contribution is -2.42. The van der Waals surface area contributed by atoms with Crippen molar-refractivity contribution in [2.75, 3.05) is 14.2 Å². The Morgan fingerprint density at radius 3 is 2.23 bits per heavy atom. The fourth-order valence-corrected chi connectivity index (χ4v) is 3.80. The van der Waals surface area contributed by atoms with Crippen molar-refractivity contribution in [1.82, 2.24) is 0 Å². The van der Waals surface area contributed by atoms with Crippen LogP contribution in [0, 0.1) is 0 Å². The summed E-state index contributed by atoms with van der Waals surface area (Å²) in [6, 6.07) is -0.315. The molecule has 3 unspecified atom stereocenters. The number of phosphoric acid groups is 1. The Kier molecular flexibility index (Phi) is 9.32. The van der Waals surface area contributed by atoms with Gasteiger partial charge in [0.05, 0.1) is 6.10 Å². The van der Waals surface area contributed by atoms with Gasteiger partial charge in [0.15, 0.2) is 0 Å². The Hall–Kier alpha value is -0.0100. The number of phosphoric ester groups is 1. The quantitative estimate of drug-likeness (QED) is 0.779. The summed E-state index contributed by atoms with van der Waals surface area (Å²) in [4.78, 5) is 11.5. The van der Waals surface area contributed by atoms with Gasteiger partial charge in [-0.1, -0.05) is 27.7 Å². The fraction of sp³-hybridized carbons (Fsp3) is 1.00. The van der Waals surface area contributed by atoms with Crippen LogP contribution in [0.25, 0.3) is 0 Å². The molecule has 1 saturated carbocycles. The molecule has 0 aromatic heterocycles. The molecule has 6 atom stereocenters. The van der Waals surface area contributed by atoms with Crippen molar-refractivity contribution in [3.63, 3.8) is 0 Å². The summed E-state index contributed by atoms with van der Waals surface area (Å²) in [6.07, 6.45) is -0.120. The van der Waals surface area contributed by atoms with Crippen LogP contribution in [-0.4, -0.2) is 44.2 Å². The molecule has 0 spiro atoms. The van der Waals surface area contributed by atoms with E-state index in [9.17, 15) is 9.46 Å². The molecule has 0 aromatic rings. The first-order valence-corrected chi connectivity index (χ1v) is 9.31. The maximum absolute atomic E-state index is 11.5. The van der Waals surface area contributed by atoms with Crippen LogP contribution in [0.4, 0.5) is 0 Å². The summed E-state index contributed by atoms with van der Waals surface area (Å²) >= 11 is 0. The van der Waals surface area contributed by atoms with Gasteiger partial charge in [0, 0.05) is 26.7 Å². The van der Waals surface area contributed by atoms with E-state index in [1.54, 1.807) is 0 Å². The van der Waals surface area contributed by atoms with Crippen LogP contribution in [0.5, 0.6) is 0 Å². The van der Waals surface area contributed by atoms with E-state index >= 15 is 0 Å². The fourth-order valence-electron chi connectivity index (χ4n) is 3.03. The van der Waals surface area contributed by atoms with Gasteiger partial charge in [-0.05, 0) is 13.3 Å². The van der Waals surface area contributed by atoms with E-state index in [-0.39, 0.29) is 18.2 Å². The monoisotopic (exact) mass is 340 g/mol. The Labute approximate surface area is 134 Å². The van der Waals surface area contributed by atoms with Crippen molar-refractivity contribution in [2.45, 2.75) is 77.4 Å². The Morgan fingerprint density at radius 2 is 1.77 bits per heavy atom. The van der Waals surface area contributed by atoms with E-state index in [1.165, 1.54) is 7.11 Å². The number of ether oxygens (including phenoxy) is 2. The highest BCUT2D eigenvalue weighted by Crippen LogP contribution is 2.54. The molecule has 7 nitrogen and oxygen atoms in total. The van der Waals surface area contributed by atoms with Gasteiger partial charge in [-0.25, -0.2) is 0 Å². The van der Waals surface area contributed by atoms with E-state index in [1.807, 2.05) is 34.6 Å². The van der Waals surface area contributed by atoms with E-state index in [2.05, 4.69) is 4.52 Å². The molecule has 8 heteroatoms. The summed E-state index contributed by atoms with van der Waals surface area (Å²) in [5.74, 6) is 0. The highest BCUT2D eigenvalue weighted by atomic mass is 31.2. The van der Waals surface area contributed by atoms with Crippen LogP contribution in [-0.2, 0) is 23.1 Å². The highest BCUT2D eigenvalue weighted by molar-refractivity contribution is 7.45. The second kappa shape index (κ2) is 9.33. The minimum atomic E-state index is -4.33. The third-order valence-electron chi connectivity index (χ3n) is 3.62. The number of hydrogen-bond donors (Lipinski definition) is 1. The molecular weight excluding hydrogens is 309 g/mol. The van der Waals surface area contributed by atoms with Crippen LogP contribution >= 0.6 is 7.82 Å². The van der Waals surface area contributed by atoms with Crippen molar-refractivity contribution in [3.8, 4) is 0 Å². The molecule has 2 fully saturated rings. The predicted molar refractivity (Wildman–Crippen MR) is 83.5 cm³/mol. The molecule has 2 rings (SSSR count). The molecule has 0 amide bonds. The second-order valence-electron chi connectivity index (χ2n) is 4.93. The Morgan fingerprint density at radius 1 is 1.23 bits per heavy atom. The normalized spacial score (nSPS) is 39.0. The summed E-state index contributed by atoms with van der Waals surface area (Å²) in [5, 5.41) is 0. The molecule has 134 valence electrons. The first-order valence-electron chi connectivity index (χ1n) is 7.85. The summed E-state index contributed by atoms with van der Waals surface area (Å²) in [6.45, 7) is 9.87. The summed E-state index contributed by atoms with van der Waals surface area (Å²) in [5.41, 5.74) is 4.99. The maximum Gasteiger partial charge on any atom is 0.268 e. The van der Waals surface area contributed by atoms with Gasteiger partial charge < -0.3 is 29.1 Å². The first kappa shape index (κ1) is 22.0. The minimum Gasteiger partial charge on any atom is -0.756 e. The zero-order valence-electron chi connectivity index (χ0n) is 14.7. The predicted octanol–water partition coefficient (Wildman–Crippen LogP) is 1.83. The number of nitrogens with two attached hydrogens (primary N) is 1. The molecule has 1 saturated heterocycles. The molecule has 1 heterocycles. The van der Waals surface area contributed by atoms with E-state index < -0.39 is 19.5 Å². The number of fused-ring (bicyclic) bond motifs is 1. The van der Waals surface area contributed by atoms with Gasteiger partial charge in [0.25, 0.3) is 7.82 Å². The molecule has 2 N–H and O–H groups in total. The molecule has 0 radical (unpaired) electrons. The zero-order valence-corrected chi connectivity index (χ0v) is 15.6. The lowest BCUT2D eigenvalue weighted by molar-refractivity contribution is -0.236. The average molecular weight is 340 g/mol. The van der Waals surface area contributed by atoms with Gasteiger partial charge in [-0.2, -0.15) is 0 Å². The molecule has 22 heavy (non-hydrogen) atoms. The molecule has 2 aliphatic rings. The van der Waals surface area contributed by atoms with Crippen LogP contribution < -0.4 is 10.6 Å². The van der Waals surface area contributed by atoms with Crippen molar-refractivity contribution >= 4 is 7.82 Å². The molecule has 0 bridgehead atoms. The largest absolute Gasteiger partial charge is 0.756 e. The van der Waals surface area contributed by atoms with Crippen LogP contribution in [0.3, 0.4) is 0 Å². The average Bonchev–Trinajstić information content (AvgIpc) is 2.91. The highest BCUT2D eigenvalue weighted by Gasteiger charge is 2.60. The second-order valence-corrected chi connectivity index (χ2v) is 6.37. The zero-order chi connectivity index (χ0) is 17.6. The lowest BCUT2D eigenvalue weighted by Gasteiger charge is -2.34. The summed E-state index contributed by atoms with van der Waals surface area (Å²) in [7, 11) is -1.73. The molecule has 0 aromatic carbocycles. The minimum absolute atomic E-state index is 0.1000. The lowest BCUT2D eigenvalue weighted by atomic mass is 9.96. The van der Waals surface area contributed by atoms with Crippen LogP contribution in [0.1, 0.15) is 47.5 Å². The Balaban J connectivity index is 0.00000102. The third-order valence-corrected chi connectivity index (χ3v) is 4.66. The molecular formula is C14H31NO6P-. The van der Waals surface area contributed by atoms with Crippen molar-refractivity contribution in [2.24, 2.45) is 5.73 Å². The van der Waals surface area contributed by atoms with Crippen molar-refractivity contribution in [3.05, 3.63) is 0 Å². The number of rotatable bonds is 4. The molecule has 1 aliphatic heterocycles. The van der Waals surface area contributed by atoms with Crippen LogP contribution in [0.2, 0.25) is 0 Å². The standard InChI is InChI=1S/C10H20NO6P.2C2H6/c1-6-4-10(17-18(12,13)15-3)5-7(11)8(14-2)9(10)16-6;2*1-2/h6-9H,4-5,11H2,1-3H3,(H,12,13);2*1-2H3/p-1/t6-,7+,8+,9?,10?;;/m0../s1. The SMILES string of the molecule is CC.CC.CO[C@H]1C2O[C@@H](C)CC2(OP(=O)([O-])OC)C[C@H]1N. The van der Waals surface area contributed by atoms with E-state index in [0.717, 1.165) is 7.11 Å². The number of hydrogen-bond acceptors (Lipinski definition) is 7. The van der Waals surface area contributed by atoms with Gasteiger partial charge in [-0.3, -0.25) is 4.57 Å². The third kappa shape index (κ3) is 4.74. The van der Waals surface area contributed by atoms with E-state index in [4.69, 9.17) is 19.7 Å². The van der Waals surface area contributed by atoms with Crippen LogP contribution in [0.15, 0.2) is 0 Å². The smallest absolute Gasteiger partial charge is 0.268 e. The van der Waals surface area contributed by atoms with Gasteiger partial charge >= 0.3 is 0 Å². The number of methoxy groups -OCH3 is 1. The van der Waals surface area contributed by atoms with Gasteiger partial charge in [-0.15, -0.1) is 0 Å². The maximum atomic E-state index is 11.5. The summed E-state index contributed by atoms with van der Waals surface area (Å²) < 4.78 is 32.2. The van der Waals surface area contributed by atoms with Crippen molar-refractivity contribution < 1.29 is 28.0 Å².